The van der Waals surface area contributed by atoms with Gasteiger partial charge in [-0.2, -0.15) is 5.10 Å². The Hall–Kier alpha value is -2.83. The van der Waals surface area contributed by atoms with Crippen molar-refractivity contribution in [1.29, 1.82) is 0 Å². The summed E-state index contributed by atoms with van der Waals surface area (Å²) >= 11 is 0. The van der Waals surface area contributed by atoms with E-state index in [-0.39, 0.29) is 18.2 Å². The maximum absolute atomic E-state index is 12.6. The van der Waals surface area contributed by atoms with Gasteiger partial charge in [-0.3, -0.25) is 14.7 Å². The third-order valence-corrected chi connectivity index (χ3v) is 4.06. The molecule has 2 aromatic rings. The molecule has 2 N–H and O–H groups in total. The fraction of sp³-hybridized carbons (Fsp3) is 0.389. The highest BCUT2D eigenvalue weighted by Crippen LogP contribution is 2.29. The van der Waals surface area contributed by atoms with E-state index < -0.39 is 11.9 Å². The Balaban J connectivity index is 1.71. The molecule has 0 fully saturated rings. The van der Waals surface area contributed by atoms with Crippen molar-refractivity contribution in [3.05, 3.63) is 41.7 Å². The standard InChI is InChI=1S/C18H22N4O3/c1-11(2)8-12-9-13(21-20-12)17(23)19-14-10-25-16-7-5-4-6-15(16)22(3)18(14)24/h4-7,9,11,14H,8,10H2,1-3H3,(H,19,23)(H,20,21)/t14-/m1/s1. The molecule has 0 unspecified atom stereocenters. The van der Waals surface area contributed by atoms with Gasteiger partial charge in [0.25, 0.3) is 11.8 Å². The molecule has 0 bridgehead atoms. The van der Waals surface area contributed by atoms with Crippen LogP contribution in [0.2, 0.25) is 0 Å². The number of ether oxygens (including phenoxy) is 1. The van der Waals surface area contributed by atoms with Gasteiger partial charge in [0.15, 0.2) is 0 Å². The first-order valence-corrected chi connectivity index (χ1v) is 8.30. The van der Waals surface area contributed by atoms with Crippen LogP contribution in [-0.4, -0.2) is 41.7 Å². The number of H-pyrrole nitrogens is 1. The van der Waals surface area contributed by atoms with Crippen molar-refractivity contribution in [2.45, 2.75) is 26.3 Å². The van der Waals surface area contributed by atoms with Gasteiger partial charge < -0.3 is 15.0 Å². The number of aromatic amines is 1. The van der Waals surface area contributed by atoms with E-state index in [1.165, 1.54) is 4.90 Å². The zero-order valence-corrected chi connectivity index (χ0v) is 14.6. The van der Waals surface area contributed by atoms with E-state index >= 15 is 0 Å². The molecular formula is C18H22N4O3. The van der Waals surface area contributed by atoms with Crippen LogP contribution in [0.25, 0.3) is 0 Å². The smallest absolute Gasteiger partial charge is 0.272 e. The zero-order valence-electron chi connectivity index (χ0n) is 14.6. The monoisotopic (exact) mass is 342 g/mol. The molecule has 0 aliphatic carbocycles. The summed E-state index contributed by atoms with van der Waals surface area (Å²) in [4.78, 5) is 26.6. The molecule has 1 aromatic heterocycles. The van der Waals surface area contributed by atoms with Gasteiger partial charge in [-0.15, -0.1) is 0 Å². The average Bonchev–Trinajstić information content (AvgIpc) is 3.01. The van der Waals surface area contributed by atoms with Gasteiger partial charge in [0.1, 0.15) is 24.1 Å². The predicted molar refractivity (Wildman–Crippen MR) is 93.7 cm³/mol. The van der Waals surface area contributed by atoms with Crippen molar-refractivity contribution in [3.63, 3.8) is 0 Å². The number of carbonyl (C=O) groups is 2. The molecule has 3 rings (SSSR count). The van der Waals surface area contributed by atoms with Gasteiger partial charge >= 0.3 is 0 Å². The fourth-order valence-corrected chi connectivity index (χ4v) is 2.81. The minimum absolute atomic E-state index is 0.0786. The highest BCUT2D eigenvalue weighted by molar-refractivity contribution is 6.02. The molecule has 1 aliphatic rings. The first kappa shape index (κ1) is 17.0. The molecule has 0 radical (unpaired) electrons. The van der Waals surface area contributed by atoms with Crippen molar-refractivity contribution >= 4 is 17.5 Å². The number of amides is 2. The summed E-state index contributed by atoms with van der Waals surface area (Å²) in [6, 6.07) is 8.24. The second-order valence-electron chi connectivity index (χ2n) is 6.58. The van der Waals surface area contributed by atoms with Crippen LogP contribution in [0.4, 0.5) is 5.69 Å². The minimum atomic E-state index is -0.768. The van der Waals surface area contributed by atoms with E-state index in [4.69, 9.17) is 4.74 Å². The highest BCUT2D eigenvalue weighted by atomic mass is 16.5. The van der Waals surface area contributed by atoms with E-state index in [2.05, 4.69) is 29.4 Å². The third kappa shape index (κ3) is 3.65. The molecular weight excluding hydrogens is 320 g/mol. The second-order valence-corrected chi connectivity index (χ2v) is 6.58. The summed E-state index contributed by atoms with van der Waals surface area (Å²) in [6.45, 7) is 4.26. The van der Waals surface area contributed by atoms with Crippen LogP contribution in [0.15, 0.2) is 30.3 Å². The van der Waals surface area contributed by atoms with Gasteiger partial charge in [0.2, 0.25) is 0 Å². The molecule has 2 amide bonds. The zero-order chi connectivity index (χ0) is 18.0. The van der Waals surface area contributed by atoms with Gasteiger partial charge in [0.05, 0.1) is 5.69 Å². The van der Waals surface area contributed by atoms with E-state index in [0.29, 0.717) is 17.4 Å². The highest BCUT2D eigenvalue weighted by Gasteiger charge is 2.31. The predicted octanol–water partition coefficient (Wildman–Crippen LogP) is 1.76. The lowest BCUT2D eigenvalue weighted by atomic mass is 10.1. The third-order valence-electron chi connectivity index (χ3n) is 4.06. The van der Waals surface area contributed by atoms with Crippen molar-refractivity contribution in [3.8, 4) is 5.75 Å². The van der Waals surface area contributed by atoms with Crippen LogP contribution in [0.5, 0.6) is 5.75 Å². The number of carbonyl (C=O) groups excluding carboxylic acids is 2. The molecule has 0 spiro atoms. The molecule has 25 heavy (non-hydrogen) atoms. The first-order chi connectivity index (χ1) is 12.0. The maximum Gasteiger partial charge on any atom is 0.272 e. The SMILES string of the molecule is CC(C)Cc1cc(C(=O)N[C@@H]2COc3ccccc3N(C)C2=O)n[nH]1. The van der Waals surface area contributed by atoms with Crippen LogP contribution >= 0.6 is 0 Å². The Morgan fingerprint density at radius 2 is 2.20 bits per heavy atom. The van der Waals surface area contributed by atoms with Gasteiger partial charge in [-0.05, 0) is 30.5 Å². The number of nitrogens with zero attached hydrogens (tertiary/aromatic N) is 2. The molecule has 0 saturated carbocycles. The minimum Gasteiger partial charge on any atom is -0.489 e. The lowest BCUT2D eigenvalue weighted by Gasteiger charge is -2.19. The Morgan fingerprint density at radius 3 is 2.96 bits per heavy atom. The molecule has 1 atom stereocenters. The number of nitrogens with one attached hydrogen (secondary N) is 2. The van der Waals surface area contributed by atoms with Crippen LogP contribution in [0.3, 0.4) is 0 Å². The van der Waals surface area contributed by atoms with Crippen molar-refractivity contribution in [1.82, 2.24) is 15.5 Å². The molecule has 1 aliphatic heterocycles. The van der Waals surface area contributed by atoms with Crippen LogP contribution in [0, 0.1) is 5.92 Å². The number of aromatic nitrogens is 2. The lowest BCUT2D eigenvalue weighted by molar-refractivity contribution is -0.120. The summed E-state index contributed by atoms with van der Waals surface area (Å²) in [5.74, 6) is 0.457. The Kier molecular flexibility index (Phi) is 4.74. The second kappa shape index (κ2) is 6.96. The summed E-state index contributed by atoms with van der Waals surface area (Å²) in [5, 5.41) is 9.62. The Labute approximate surface area is 146 Å². The van der Waals surface area contributed by atoms with Gasteiger partial charge in [0, 0.05) is 12.7 Å². The van der Waals surface area contributed by atoms with Crippen molar-refractivity contribution < 1.29 is 14.3 Å². The molecule has 7 nitrogen and oxygen atoms in total. The first-order valence-electron chi connectivity index (χ1n) is 8.30. The summed E-state index contributed by atoms with van der Waals surface area (Å²) in [7, 11) is 1.67. The molecule has 0 saturated heterocycles. The van der Waals surface area contributed by atoms with Gasteiger partial charge in [-0.1, -0.05) is 26.0 Å². The van der Waals surface area contributed by atoms with Crippen molar-refractivity contribution in [2.75, 3.05) is 18.6 Å². The van der Waals surface area contributed by atoms with Crippen molar-refractivity contribution in [2.24, 2.45) is 5.92 Å². The number of fused-ring (bicyclic) bond motifs is 1. The number of hydrogen-bond acceptors (Lipinski definition) is 4. The summed E-state index contributed by atoms with van der Waals surface area (Å²) in [5.41, 5.74) is 1.85. The molecule has 7 heteroatoms. The van der Waals surface area contributed by atoms with E-state index in [1.54, 1.807) is 19.2 Å². The lowest BCUT2D eigenvalue weighted by Crippen LogP contribution is -2.49. The Morgan fingerprint density at radius 1 is 1.44 bits per heavy atom. The normalized spacial score (nSPS) is 17.0. The average molecular weight is 342 g/mol. The largest absolute Gasteiger partial charge is 0.489 e. The Bertz CT molecular complexity index is 784. The molecule has 132 valence electrons. The fourth-order valence-electron chi connectivity index (χ4n) is 2.81. The maximum atomic E-state index is 12.6. The quantitative estimate of drug-likeness (QED) is 0.886. The molecule has 1 aromatic carbocycles. The number of benzene rings is 1. The summed E-state index contributed by atoms with van der Waals surface area (Å²) < 4.78 is 5.69. The number of hydrogen-bond donors (Lipinski definition) is 2. The van der Waals surface area contributed by atoms with E-state index in [0.717, 1.165) is 12.1 Å². The topological polar surface area (TPSA) is 87.3 Å². The van der Waals surface area contributed by atoms with Crippen LogP contribution < -0.4 is 15.0 Å². The number of rotatable bonds is 4. The van der Waals surface area contributed by atoms with Gasteiger partial charge in [-0.25, -0.2) is 0 Å². The van der Waals surface area contributed by atoms with Crippen LogP contribution in [0.1, 0.15) is 30.0 Å². The summed E-state index contributed by atoms with van der Waals surface area (Å²) in [6.07, 6.45) is 0.809. The van der Waals surface area contributed by atoms with E-state index in [1.807, 2.05) is 18.2 Å². The molecule has 2 heterocycles. The number of para-hydroxylation sites is 2. The number of likely N-dealkylation sites (N-methyl/N-ethyl adjacent to an activating group) is 1. The van der Waals surface area contributed by atoms with E-state index in [9.17, 15) is 9.59 Å². The number of anilines is 1. The van der Waals surface area contributed by atoms with Crippen LogP contribution in [-0.2, 0) is 11.2 Å².